The van der Waals surface area contributed by atoms with Crippen molar-refractivity contribution in [1.82, 2.24) is 0 Å². The van der Waals surface area contributed by atoms with Crippen LogP contribution in [0.4, 0.5) is 4.39 Å². The Morgan fingerprint density at radius 1 is 1.26 bits per heavy atom. The lowest BCUT2D eigenvalue weighted by Gasteiger charge is -2.64. The van der Waals surface area contributed by atoms with Gasteiger partial charge in [0.05, 0.1) is 6.10 Å². The van der Waals surface area contributed by atoms with Crippen LogP contribution in [0, 0.1) is 34.0 Å². The number of ketones is 2. The summed E-state index contributed by atoms with van der Waals surface area (Å²) in [5.41, 5.74) is -2.89. The molecule has 8 atom stereocenters. The highest BCUT2D eigenvalue weighted by Crippen LogP contribution is 2.72. The first-order valence-corrected chi connectivity index (χ1v) is 10.2. The molecule has 4 aliphatic rings. The SMILES string of the molecule is CC(=O)C1(C)CCC2C3CC(C)C4=CC(=O)C=CC4(C)C3(F)C(O)CC21C. The molecule has 148 valence electrons. The third kappa shape index (κ3) is 2.01. The Labute approximate surface area is 161 Å². The maximum Gasteiger partial charge on any atom is 0.178 e. The first kappa shape index (κ1) is 19.0. The van der Waals surface area contributed by atoms with Crippen LogP contribution >= 0.6 is 0 Å². The van der Waals surface area contributed by atoms with E-state index in [0.29, 0.717) is 12.8 Å². The average molecular weight is 374 g/mol. The van der Waals surface area contributed by atoms with E-state index in [-0.39, 0.29) is 29.3 Å². The van der Waals surface area contributed by atoms with E-state index in [1.165, 1.54) is 6.08 Å². The van der Waals surface area contributed by atoms with Gasteiger partial charge in [0.25, 0.3) is 0 Å². The van der Waals surface area contributed by atoms with Crippen molar-refractivity contribution in [3.63, 3.8) is 0 Å². The highest BCUT2D eigenvalue weighted by molar-refractivity contribution is 6.01. The summed E-state index contributed by atoms with van der Waals surface area (Å²) in [5, 5.41) is 11.2. The maximum absolute atomic E-state index is 17.0. The van der Waals surface area contributed by atoms with E-state index in [0.717, 1.165) is 18.4 Å². The molecule has 4 heteroatoms. The Morgan fingerprint density at radius 2 is 1.93 bits per heavy atom. The van der Waals surface area contributed by atoms with Crippen molar-refractivity contribution in [1.29, 1.82) is 0 Å². The number of alkyl halides is 1. The molecule has 4 aliphatic carbocycles. The number of hydrogen-bond donors (Lipinski definition) is 1. The smallest absolute Gasteiger partial charge is 0.178 e. The Hall–Kier alpha value is -1.29. The number of rotatable bonds is 1. The number of hydrogen-bond acceptors (Lipinski definition) is 3. The summed E-state index contributed by atoms with van der Waals surface area (Å²) < 4.78 is 17.0. The Bertz CT molecular complexity index is 784. The lowest BCUT2D eigenvalue weighted by atomic mass is 9.42. The van der Waals surface area contributed by atoms with E-state index < -0.39 is 28.0 Å². The summed E-state index contributed by atoms with van der Waals surface area (Å²) in [7, 11) is 0. The van der Waals surface area contributed by atoms with E-state index in [2.05, 4.69) is 13.8 Å². The fraction of sp³-hybridized carbons (Fsp3) is 0.739. The average Bonchev–Trinajstić information content (AvgIpc) is 2.85. The van der Waals surface area contributed by atoms with Gasteiger partial charge in [-0.1, -0.05) is 32.4 Å². The molecule has 3 nitrogen and oxygen atoms in total. The number of allylic oxidation sites excluding steroid dienone is 4. The minimum absolute atomic E-state index is 0.0617. The second kappa shape index (κ2) is 5.40. The lowest BCUT2D eigenvalue weighted by Crippen LogP contribution is -2.68. The van der Waals surface area contributed by atoms with Crippen LogP contribution in [-0.2, 0) is 9.59 Å². The highest BCUT2D eigenvalue weighted by Gasteiger charge is 2.73. The maximum atomic E-state index is 17.0. The quantitative estimate of drug-likeness (QED) is 0.748. The fourth-order valence-electron chi connectivity index (χ4n) is 7.42. The summed E-state index contributed by atoms with van der Waals surface area (Å²) >= 11 is 0. The second-order valence-electron chi connectivity index (χ2n) is 10.2. The summed E-state index contributed by atoms with van der Waals surface area (Å²) in [4.78, 5) is 24.5. The van der Waals surface area contributed by atoms with Crippen LogP contribution in [0.1, 0.15) is 60.3 Å². The molecule has 8 unspecified atom stereocenters. The van der Waals surface area contributed by atoms with Crippen LogP contribution in [0.3, 0.4) is 0 Å². The molecule has 0 spiro atoms. The van der Waals surface area contributed by atoms with E-state index in [9.17, 15) is 14.7 Å². The van der Waals surface area contributed by atoms with Crippen LogP contribution in [-0.4, -0.2) is 28.4 Å². The molecule has 0 aromatic heterocycles. The van der Waals surface area contributed by atoms with Crippen LogP contribution in [0.15, 0.2) is 23.8 Å². The number of carbonyl (C=O) groups excluding carboxylic acids is 2. The van der Waals surface area contributed by atoms with E-state index >= 15 is 4.39 Å². The number of Topliss-reactive ketones (excluding diaryl/α,β-unsaturated/α-hetero) is 1. The van der Waals surface area contributed by atoms with Crippen molar-refractivity contribution < 1.29 is 19.1 Å². The van der Waals surface area contributed by atoms with Crippen molar-refractivity contribution in [3.05, 3.63) is 23.8 Å². The first-order valence-electron chi connectivity index (χ1n) is 10.2. The Balaban J connectivity index is 1.86. The fourth-order valence-corrected chi connectivity index (χ4v) is 7.42. The topological polar surface area (TPSA) is 54.4 Å². The van der Waals surface area contributed by atoms with E-state index in [1.807, 2.05) is 13.8 Å². The van der Waals surface area contributed by atoms with E-state index in [1.54, 1.807) is 19.1 Å². The monoisotopic (exact) mass is 374 g/mol. The molecule has 4 rings (SSSR count). The van der Waals surface area contributed by atoms with Crippen molar-refractivity contribution >= 4 is 11.6 Å². The molecular weight excluding hydrogens is 343 g/mol. The summed E-state index contributed by atoms with van der Waals surface area (Å²) in [6, 6.07) is 0. The molecule has 0 radical (unpaired) electrons. The van der Waals surface area contributed by atoms with Gasteiger partial charge in [-0.15, -0.1) is 0 Å². The molecule has 0 saturated heterocycles. The third-order valence-electron chi connectivity index (χ3n) is 9.35. The first-order chi connectivity index (χ1) is 12.4. The van der Waals surface area contributed by atoms with Gasteiger partial charge in [-0.05, 0) is 68.9 Å². The molecule has 0 aromatic rings. The normalized spacial score (nSPS) is 54.0. The predicted molar refractivity (Wildman–Crippen MR) is 102 cm³/mol. The second-order valence-corrected chi connectivity index (χ2v) is 10.2. The molecule has 27 heavy (non-hydrogen) atoms. The third-order valence-corrected chi connectivity index (χ3v) is 9.35. The number of aliphatic hydroxyl groups is 1. The standard InChI is InChI=1S/C23H31FO3/c1-13-10-18-16-7-9-20(3,14(2)25)22(16,5)12-19(27)23(18,24)21(4)8-6-15(26)11-17(13)21/h6,8,11,13,16,18-19,27H,7,9-10,12H2,1-5H3. The zero-order valence-corrected chi connectivity index (χ0v) is 17.0. The van der Waals surface area contributed by atoms with Gasteiger partial charge in [-0.25, -0.2) is 4.39 Å². The summed E-state index contributed by atoms with van der Waals surface area (Å²) in [6.45, 7) is 9.64. The Morgan fingerprint density at radius 3 is 2.56 bits per heavy atom. The van der Waals surface area contributed by atoms with Crippen molar-refractivity contribution in [2.75, 3.05) is 0 Å². The van der Waals surface area contributed by atoms with Crippen molar-refractivity contribution in [3.8, 4) is 0 Å². The number of halogens is 1. The zero-order valence-electron chi connectivity index (χ0n) is 17.0. The van der Waals surface area contributed by atoms with Crippen LogP contribution in [0.5, 0.6) is 0 Å². The number of aliphatic hydroxyl groups excluding tert-OH is 1. The van der Waals surface area contributed by atoms with Crippen LogP contribution in [0.25, 0.3) is 0 Å². The Kier molecular flexibility index (Phi) is 3.81. The van der Waals surface area contributed by atoms with Gasteiger partial charge in [0.15, 0.2) is 11.5 Å². The molecule has 0 amide bonds. The molecule has 0 aromatic carbocycles. The molecule has 0 heterocycles. The molecule has 0 bridgehead atoms. The lowest BCUT2D eigenvalue weighted by molar-refractivity contribution is -0.208. The van der Waals surface area contributed by atoms with Gasteiger partial charge in [-0.3, -0.25) is 9.59 Å². The summed E-state index contributed by atoms with van der Waals surface area (Å²) in [5.74, 6) is -0.132. The van der Waals surface area contributed by atoms with Gasteiger partial charge < -0.3 is 5.11 Å². The van der Waals surface area contributed by atoms with Gasteiger partial charge in [0.2, 0.25) is 0 Å². The minimum atomic E-state index is -1.81. The van der Waals surface area contributed by atoms with Crippen molar-refractivity contribution in [2.45, 2.75) is 72.1 Å². The number of carbonyl (C=O) groups is 2. The molecule has 0 aliphatic heterocycles. The molecule has 3 saturated carbocycles. The molecule has 3 fully saturated rings. The van der Waals surface area contributed by atoms with Crippen LogP contribution < -0.4 is 0 Å². The van der Waals surface area contributed by atoms with Crippen LogP contribution in [0.2, 0.25) is 0 Å². The van der Waals surface area contributed by atoms with Gasteiger partial charge in [-0.2, -0.15) is 0 Å². The number of fused-ring (bicyclic) bond motifs is 5. The summed E-state index contributed by atoms with van der Waals surface area (Å²) in [6.07, 6.45) is 6.05. The molecular formula is C23H31FO3. The predicted octanol–water partition coefficient (Wildman–Crippen LogP) is 4.20. The zero-order chi connectivity index (χ0) is 20.0. The highest BCUT2D eigenvalue weighted by atomic mass is 19.1. The van der Waals surface area contributed by atoms with Gasteiger partial charge in [0, 0.05) is 16.7 Å². The molecule has 1 N–H and O–H groups in total. The van der Waals surface area contributed by atoms with Crippen molar-refractivity contribution in [2.24, 2.45) is 34.0 Å². The van der Waals surface area contributed by atoms with Gasteiger partial charge >= 0.3 is 0 Å². The minimum Gasteiger partial charge on any atom is -0.390 e. The van der Waals surface area contributed by atoms with Gasteiger partial charge in [0.1, 0.15) is 5.78 Å². The van der Waals surface area contributed by atoms with E-state index in [4.69, 9.17) is 0 Å². The largest absolute Gasteiger partial charge is 0.390 e.